The molecule has 0 saturated heterocycles. The Balaban J connectivity index is 1.77. The van der Waals surface area contributed by atoms with E-state index in [1.807, 2.05) is 0 Å². The lowest BCUT2D eigenvalue weighted by atomic mass is 10.1. The van der Waals surface area contributed by atoms with E-state index < -0.39 is 45.8 Å². The number of halogens is 3. The summed E-state index contributed by atoms with van der Waals surface area (Å²) in [5, 5.41) is 12.3. The highest BCUT2D eigenvalue weighted by Crippen LogP contribution is 2.43. The first-order valence-corrected chi connectivity index (χ1v) is 10.3. The van der Waals surface area contributed by atoms with Crippen LogP contribution in [-0.4, -0.2) is 46.6 Å². The van der Waals surface area contributed by atoms with Gasteiger partial charge in [0.2, 0.25) is 5.43 Å². The lowest BCUT2D eigenvalue weighted by Gasteiger charge is -2.33. The first-order valence-electron chi connectivity index (χ1n) is 9.95. The molecule has 0 aliphatic carbocycles. The summed E-state index contributed by atoms with van der Waals surface area (Å²) in [6.45, 7) is 2.15. The number of pyridine rings is 1. The molecule has 4 rings (SSSR count). The van der Waals surface area contributed by atoms with E-state index in [2.05, 4.69) is 5.32 Å². The van der Waals surface area contributed by atoms with Gasteiger partial charge in [-0.25, -0.2) is 8.78 Å². The van der Waals surface area contributed by atoms with E-state index in [9.17, 15) is 28.3 Å². The number of amides is 2. The van der Waals surface area contributed by atoms with Crippen LogP contribution in [0.4, 0.5) is 8.78 Å². The number of rotatable bonds is 5. The van der Waals surface area contributed by atoms with Crippen molar-refractivity contribution in [3.8, 4) is 5.75 Å². The Bertz CT molecular complexity index is 1200. The average molecular weight is 468 g/mol. The Morgan fingerprint density at radius 3 is 2.72 bits per heavy atom. The zero-order chi connectivity index (χ0) is 23.3. The molecule has 2 aliphatic heterocycles. The van der Waals surface area contributed by atoms with Crippen molar-refractivity contribution in [2.75, 3.05) is 20.2 Å². The standard InChI is InChI=1S/C21H20ClF2N3O5/c1-3-26-8-10-6-12(32-2)16-13(18(28)19(29)17(21(26)31)27(10)16)20(30)25-7-9-4-5-11(23)14(22)15(9)24/h4-5,10,12,29H,3,6-8H2,1-2H3,(H,25,30)/t10-,12+/m0/s1. The fourth-order valence-corrected chi connectivity index (χ4v) is 4.56. The van der Waals surface area contributed by atoms with Crippen molar-refractivity contribution in [1.29, 1.82) is 0 Å². The molecule has 0 spiro atoms. The molecule has 1 aromatic heterocycles. The molecule has 3 heterocycles. The highest BCUT2D eigenvalue weighted by atomic mass is 35.5. The zero-order valence-electron chi connectivity index (χ0n) is 17.2. The smallest absolute Gasteiger partial charge is 0.274 e. The van der Waals surface area contributed by atoms with Gasteiger partial charge in [0.25, 0.3) is 11.8 Å². The normalized spacial score (nSPS) is 19.3. The third-order valence-corrected chi connectivity index (χ3v) is 6.29. The van der Waals surface area contributed by atoms with Crippen LogP contribution in [0.3, 0.4) is 0 Å². The maximum absolute atomic E-state index is 14.2. The number of hydrogen-bond donors (Lipinski definition) is 2. The lowest BCUT2D eigenvalue weighted by Crippen LogP contribution is -2.44. The molecule has 8 nitrogen and oxygen atoms in total. The Kier molecular flexibility index (Phi) is 5.68. The van der Waals surface area contributed by atoms with Crippen molar-refractivity contribution in [2.24, 2.45) is 0 Å². The second kappa shape index (κ2) is 8.18. The molecule has 2 amide bonds. The van der Waals surface area contributed by atoms with Gasteiger partial charge in [0, 0.05) is 38.7 Å². The molecule has 2 N–H and O–H groups in total. The number of ether oxygens (including phenoxy) is 1. The summed E-state index contributed by atoms with van der Waals surface area (Å²) in [7, 11) is 1.42. The minimum Gasteiger partial charge on any atom is -0.503 e. The van der Waals surface area contributed by atoms with Gasteiger partial charge >= 0.3 is 0 Å². The minimum absolute atomic E-state index is 0.0848. The molecule has 1 aromatic carbocycles. The van der Waals surface area contributed by atoms with Gasteiger partial charge in [-0.1, -0.05) is 17.7 Å². The van der Waals surface area contributed by atoms with Gasteiger partial charge < -0.3 is 24.6 Å². The van der Waals surface area contributed by atoms with Gasteiger partial charge in [-0.15, -0.1) is 0 Å². The van der Waals surface area contributed by atoms with E-state index in [-0.39, 0.29) is 35.1 Å². The predicted molar refractivity (Wildman–Crippen MR) is 110 cm³/mol. The Morgan fingerprint density at radius 2 is 2.06 bits per heavy atom. The van der Waals surface area contributed by atoms with Crippen LogP contribution in [0.5, 0.6) is 5.75 Å². The Hall–Kier alpha value is -2.98. The summed E-state index contributed by atoms with van der Waals surface area (Å²) in [6, 6.07) is 1.80. The van der Waals surface area contributed by atoms with E-state index in [0.29, 0.717) is 19.5 Å². The van der Waals surface area contributed by atoms with Crippen LogP contribution >= 0.6 is 11.6 Å². The SMILES string of the molecule is CCN1C[C@@H]2C[C@@H](OC)c3c(C(=O)NCc4ccc(F)c(Cl)c4F)c(=O)c(O)c(n32)C1=O. The highest BCUT2D eigenvalue weighted by Gasteiger charge is 2.45. The zero-order valence-corrected chi connectivity index (χ0v) is 18.0. The first kappa shape index (κ1) is 22.2. The number of benzene rings is 1. The molecule has 2 atom stereocenters. The van der Waals surface area contributed by atoms with Gasteiger partial charge in [0.1, 0.15) is 28.3 Å². The van der Waals surface area contributed by atoms with Crippen LogP contribution in [0.25, 0.3) is 0 Å². The fourth-order valence-electron chi connectivity index (χ4n) is 4.37. The molecule has 0 saturated carbocycles. The van der Waals surface area contributed by atoms with E-state index >= 15 is 0 Å². The molecule has 0 fully saturated rings. The lowest BCUT2D eigenvalue weighted by molar-refractivity contribution is 0.0653. The summed E-state index contributed by atoms with van der Waals surface area (Å²) in [5.41, 5.74) is -1.47. The summed E-state index contributed by atoms with van der Waals surface area (Å²) in [5.74, 6) is -4.18. The number of hydrogen-bond acceptors (Lipinski definition) is 5. The van der Waals surface area contributed by atoms with Crippen molar-refractivity contribution in [3.63, 3.8) is 0 Å². The van der Waals surface area contributed by atoms with Crippen molar-refractivity contribution in [1.82, 2.24) is 14.8 Å². The number of aromatic hydroxyl groups is 1. The van der Waals surface area contributed by atoms with Crippen molar-refractivity contribution >= 4 is 23.4 Å². The van der Waals surface area contributed by atoms with E-state index in [1.54, 1.807) is 6.92 Å². The van der Waals surface area contributed by atoms with Crippen molar-refractivity contribution in [3.05, 3.63) is 61.5 Å². The molecule has 170 valence electrons. The topological polar surface area (TPSA) is 101 Å². The van der Waals surface area contributed by atoms with Crippen molar-refractivity contribution in [2.45, 2.75) is 32.0 Å². The molecule has 0 radical (unpaired) electrons. The second-order valence-electron chi connectivity index (χ2n) is 7.63. The number of methoxy groups -OCH3 is 1. The molecular weight excluding hydrogens is 448 g/mol. The highest BCUT2D eigenvalue weighted by molar-refractivity contribution is 6.30. The number of nitrogens with zero attached hydrogens (tertiary/aromatic N) is 2. The first-order chi connectivity index (χ1) is 15.2. The molecular formula is C21H20ClF2N3O5. The van der Waals surface area contributed by atoms with Crippen molar-refractivity contribution < 1.29 is 28.2 Å². The van der Waals surface area contributed by atoms with Crippen LogP contribution in [0.1, 0.15) is 57.6 Å². The monoisotopic (exact) mass is 467 g/mol. The Morgan fingerprint density at radius 1 is 1.34 bits per heavy atom. The molecule has 2 aromatic rings. The summed E-state index contributed by atoms with van der Waals surface area (Å²) in [4.78, 5) is 40.3. The van der Waals surface area contributed by atoms with Gasteiger partial charge in [-0.2, -0.15) is 0 Å². The van der Waals surface area contributed by atoms with Crippen LogP contribution in [0.15, 0.2) is 16.9 Å². The van der Waals surface area contributed by atoms with Gasteiger partial charge in [-0.3, -0.25) is 14.4 Å². The van der Waals surface area contributed by atoms with E-state index in [4.69, 9.17) is 16.3 Å². The molecule has 0 unspecified atom stereocenters. The van der Waals surface area contributed by atoms with Gasteiger partial charge in [-0.05, 0) is 13.0 Å². The Labute approximate surface area is 186 Å². The van der Waals surface area contributed by atoms with Crippen LogP contribution in [0, 0.1) is 11.6 Å². The van der Waals surface area contributed by atoms with Crippen LogP contribution in [0.2, 0.25) is 5.02 Å². The van der Waals surface area contributed by atoms with E-state index in [0.717, 1.165) is 12.1 Å². The largest absolute Gasteiger partial charge is 0.503 e. The molecule has 0 bridgehead atoms. The number of carbonyl (C=O) groups is 2. The van der Waals surface area contributed by atoms with Gasteiger partial charge in [0.15, 0.2) is 11.4 Å². The number of aromatic nitrogens is 1. The predicted octanol–water partition coefficient (Wildman–Crippen LogP) is 2.52. The van der Waals surface area contributed by atoms with Gasteiger partial charge in [0.05, 0.1) is 11.7 Å². The van der Waals surface area contributed by atoms with E-state index in [1.165, 1.54) is 16.6 Å². The number of likely N-dealkylation sites (N-methyl/N-ethyl adjacent to an activating group) is 1. The minimum atomic E-state index is -1.03. The fraction of sp³-hybridized carbons (Fsp3) is 0.381. The third kappa shape index (κ3) is 3.25. The summed E-state index contributed by atoms with van der Waals surface area (Å²) in [6.07, 6.45) is -0.257. The third-order valence-electron chi connectivity index (χ3n) is 5.95. The van der Waals surface area contributed by atoms with Crippen LogP contribution in [-0.2, 0) is 11.3 Å². The second-order valence-corrected chi connectivity index (χ2v) is 8.01. The number of carbonyl (C=O) groups excluding carboxylic acids is 2. The maximum Gasteiger partial charge on any atom is 0.274 e. The number of nitrogens with one attached hydrogen (secondary N) is 1. The molecule has 2 aliphatic rings. The quantitative estimate of drug-likeness (QED) is 0.658. The molecule has 11 heteroatoms. The average Bonchev–Trinajstić information content (AvgIpc) is 3.14. The summed E-state index contributed by atoms with van der Waals surface area (Å²) < 4.78 is 34.5. The summed E-state index contributed by atoms with van der Waals surface area (Å²) >= 11 is 5.57. The van der Waals surface area contributed by atoms with Crippen LogP contribution < -0.4 is 10.7 Å². The molecule has 32 heavy (non-hydrogen) atoms. The maximum atomic E-state index is 14.2.